The minimum Gasteiger partial charge on any atom is -0.465 e. The van der Waals surface area contributed by atoms with E-state index >= 15 is 0 Å². The topological polar surface area (TPSA) is 86.0 Å². The molecule has 2 heterocycles. The minimum atomic E-state index is -0.483. The molecule has 7 nitrogen and oxygen atoms in total. The lowest BCUT2D eigenvalue weighted by molar-refractivity contribution is -0.113. The van der Waals surface area contributed by atoms with Crippen LogP contribution in [0.1, 0.15) is 39.0 Å². The third-order valence-corrected chi connectivity index (χ3v) is 6.18. The van der Waals surface area contributed by atoms with Gasteiger partial charge in [0, 0.05) is 11.1 Å². The molecule has 0 fully saturated rings. The Kier molecular flexibility index (Phi) is 7.23. The van der Waals surface area contributed by atoms with Crippen LogP contribution in [0.5, 0.6) is 0 Å². The van der Waals surface area contributed by atoms with Gasteiger partial charge in [-0.15, -0.1) is 0 Å². The van der Waals surface area contributed by atoms with Crippen molar-refractivity contribution in [1.29, 1.82) is 0 Å². The molecule has 0 saturated heterocycles. The van der Waals surface area contributed by atoms with Crippen molar-refractivity contribution in [3.8, 4) is 11.3 Å². The Morgan fingerprint density at radius 1 is 0.846 bits per heavy atom. The molecule has 0 saturated carbocycles. The maximum absolute atomic E-state index is 13.7. The van der Waals surface area contributed by atoms with Crippen LogP contribution in [0.2, 0.25) is 0 Å². The molecule has 3 aromatic carbocycles. The van der Waals surface area contributed by atoms with Crippen molar-refractivity contribution in [2.45, 2.75) is 6.92 Å². The standard InChI is InChI=1S/C32H25NO6/c1-3-38-32(36)23-14-12-22(13-15-23)29-17-16-27(39-29)19-25-20-28(21-8-5-4-6-9-21)33(30(25)34)26-11-7-10-24(18-26)31(35)37-2/h4-20H,3H2,1-2H3. The number of rotatable bonds is 7. The largest absolute Gasteiger partial charge is 0.465 e. The molecule has 39 heavy (non-hydrogen) atoms. The molecule has 194 valence electrons. The number of ether oxygens (including phenoxy) is 2. The summed E-state index contributed by atoms with van der Waals surface area (Å²) < 4.78 is 15.9. The maximum atomic E-state index is 13.7. The smallest absolute Gasteiger partial charge is 0.338 e. The third kappa shape index (κ3) is 5.29. The monoisotopic (exact) mass is 519 g/mol. The van der Waals surface area contributed by atoms with E-state index in [-0.39, 0.29) is 11.9 Å². The number of carbonyl (C=O) groups is 3. The molecule has 7 heteroatoms. The summed E-state index contributed by atoms with van der Waals surface area (Å²) in [5.41, 5.74) is 4.08. The molecule has 0 radical (unpaired) electrons. The highest BCUT2D eigenvalue weighted by atomic mass is 16.5. The van der Waals surface area contributed by atoms with Crippen LogP contribution in [0.3, 0.4) is 0 Å². The minimum absolute atomic E-state index is 0.257. The first-order valence-electron chi connectivity index (χ1n) is 12.4. The number of nitrogens with zero attached hydrogens (tertiary/aromatic N) is 1. The number of anilines is 1. The number of furan rings is 1. The highest BCUT2D eigenvalue weighted by Crippen LogP contribution is 2.36. The first-order valence-corrected chi connectivity index (χ1v) is 12.4. The molecule has 0 bridgehead atoms. The van der Waals surface area contributed by atoms with E-state index in [1.165, 1.54) is 7.11 Å². The molecule has 0 aliphatic carbocycles. The van der Waals surface area contributed by atoms with Gasteiger partial charge in [-0.1, -0.05) is 48.5 Å². The van der Waals surface area contributed by atoms with Crippen LogP contribution in [0.4, 0.5) is 5.69 Å². The number of carbonyl (C=O) groups excluding carboxylic acids is 3. The van der Waals surface area contributed by atoms with E-state index in [2.05, 4.69) is 0 Å². The average Bonchev–Trinajstić information content (AvgIpc) is 3.58. The van der Waals surface area contributed by atoms with E-state index in [1.54, 1.807) is 78.6 Å². The van der Waals surface area contributed by atoms with E-state index in [0.29, 0.717) is 46.2 Å². The summed E-state index contributed by atoms with van der Waals surface area (Å²) in [6.07, 6.45) is 3.49. The Bertz CT molecular complexity index is 1600. The Hall–Kier alpha value is -5.17. The van der Waals surface area contributed by atoms with E-state index < -0.39 is 5.97 Å². The number of hydrogen-bond acceptors (Lipinski definition) is 6. The van der Waals surface area contributed by atoms with Crippen LogP contribution in [-0.2, 0) is 14.3 Å². The van der Waals surface area contributed by atoms with Crippen molar-refractivity contribution in [2.24, 2.45) is 0 Å². The summed E-state index contributed by atoms with van der Waals surface area (Å²) in [5, 5.41) is 0. The van der Waals surface area contributed by atoms with Crippen molar-refractivity contribution < 1.29 is 28.3 Å². The summed E-state index contributed by atoms with van der Waals surface area (Å²) in [7, 11) is 1.32. The van der Waals surface area contributed by atoms with Gasteiger partial charge in [0.05, 0.1) is 36.2 Å². The lowest BCUT2D eigenvalue weighted by Crippen LogP contribution is -2.25. The summed E-state index contributed by atoms with van der Waals surface area (Å²) >= 11 is 0. The van der Waals surface area contributed by atoms with Crippen LogP contribution in [0.25, 0.3) is 23.1 Å². The molecule has 0 atom stereocenters. The molecular weight excluding hydrogens is 494 g/mol. The van der Waals surface area contributed by atoms with Crippen LogP contribution in [0, 0.1) is 0 Å². The summed E-state index contributed by atoms with van der Waals surface area (Å²) in [6.45, 7) is 2.07. The van der Waals surface area contributed by atoms with Crippen LogP contribution >= 0.6 is 0 Å². The highest BCUT2D eigenvalue weighted by Gasteiger charge is 2.31. The lowest BCUT2D eigenvalue weighted by Gasteiger charge is -2.21. The zero-order valence-electron chi connectivity index (χ0n) is 21.4. The fraction of sp³-hybridized carbons (Fsp3) is 0.0938. The summed E-state index contributed by atoms with van der Waals surface area (Å²) in [4.78, 5) is 39.3. The van der Waals surface area contributed by atoms with E-state index in [1.807, 2.05) is 36.4 Å². The quantitative estimate of drug-likeness (QED) is 0.208. The van der Waals surface area contributed by atoms with Gasteiger partial charge >= 0.3 is 11.9 Å². The second-order valence-corrected chi connectivity index (χ2v) is 8.68. The molecule has 0 unspecified atom stereocenters. The number of methoxy groups -OCH3 is 1. The molecule has 1 aliphatic heterocycles. The number of hydrogen-bond donors (Lipinski definition) is 0. The van der Waals surface area contributed by atoms with Gasteiger partial charge in [-0.3, -0.25) is 9.69 Å². The van der Waals surface area contributed by atoms with Gasteiger partial charge in [0.2, 0.25) is 0 Å². The number of benzene rings is 3. The molecule has 0 N–H and O–H groups in total. The number of amides is 1. The average molecular weight is 520 g/mol. The Morgan fingerprint density at radius 2 is 1.62 bits per heavy atom. The van der Waals surface area contributed by atoms with Gasteiger partial charge in [-0.2, -0.15) is 0 Å². The molecular formula is C32H25NO6. The van der Waals surface area contributed by atoms with E-state index in [4.69, 9.17) is 13.9 Å². The number of esters is 2. The first kappa shape index (κ1) is 25.5. The van der Waals surface area contributed by atoms with Crippen molar-refractivity contribution in [1.82, 2.24) is 0 Å². The van der Waals surface area contributed by atoms with Crippen LogP contribution in [0.15, 0.2) is 107 Å². The Balaban J connectivity index is 1.47. The second-order valence-electron chi connectivity index (χ2n) is 8.68. The lowest BCUT2D eigenvalue weighted by atomic mass is 10.1. The van der Waals surface area contributed by atoms with Gasteiger partial charge in [0.15, 0.2) is 0 Å². The Morgan fingerprint density at radius 3 is 2.33 bits per heavy atom. The fourth-order valence-corrected chi connectivity index (χ4v) is 4.31. The SMILES string of the molecule is CCOC(=O)c1ccc(-c2ccc(C=C3C=C(c4ccccc4)N(c4cccc(C(=O)OC)c4)C3=O)o2)cc1. The van der Waals surface area contributed by atoms with E-state index in [9.17, 15) is 14.4 Å². The van der Waals surface area contributed by atoms with Gasteiger partial charge in [0.25, 0.3) is 5.91 Å². The van der Waals surface area contributed by atoms with E-state index in [0.717, 1.165) is 11.1 Å². The van der Waals surface area contributed by atoms with Crippen molar-refractivity contribution in [2.75, 3.05) is 18.6 Å². The maximum Gasteiger partial charge on any atom is 0.338 e. The van der Waals surface area contributed by atoms with Gasteiger partial charge in [-0.25, -0.2) is 9.59 Å². The molecule has 0 spiro atoms. The first-order chi connectivity index (χ1) is 19.0. The molecule has 1 amide bonds. The molecule has 4 aromatic rings. The predicted octanol–water partition coefficient (Wildman–Crippen LogP) is 6.38. The summed E-state index contributed by atoms with van der Waals surface area (Å²) in [6, 6.07) is 26.8. The zero-order chi connectivity index (χ0) is 27.4. The molecule has 1 aliphatic rings. The van der Waals surface area contributed by atoms with Gasteiger partial charge in [-0.05, 0) is 67.1 Å². The van der Waals surface area contributed by atoms with Crippen molar-refractivity contribution in [3.63, 3.8) is 0 Å². The predicted molar refractivity (Wildman–Crippen MR) is 148 cm³/mol. The normalized spacial score (nSPS) is 13.9. The zero-order valence-corrected chi connectivity index (χ0v) is 21.4. The van der Waals surface area contributed by atoms with Crippen molar-refractivity contribution in [3.05, 3.63) is 125 Å². The summed E-state index contributed by atoms with van der Waals surface area (Å²) in [5.74, 6) is -0.0268. The van der Waals surface area contributed by atoms with Gasteiger partial charge < -0.3 is 13.9 Å². The van der Waals surface area contributed by atoms with Crippen LogP contribution < -0.4 is 4.90 Å². The van der Waals surface area contributed by atoms with Gasteiger partial charge in [0.1, 0.15) is 11.5 Å². The Labute approximate surface area is 225 Å². The van der Waals surface area contributed by atoms with Crippen molar-refractivity contribution >= 4 is 35.3 Å². The highest BCUT2D eigenvalue weighted by molar-refractivity contribution is 6.23. The molecule has 1 aromatic heterocycles. The third-order valence-electron chi connectivity index (χ3n) is 6.18. The fourth-order valence-electron chi connectivity index (χ4n) is 4.31. The second kappa shape index (κ2) is 11.1. The molecule has 5 rings (SSSR count). The van der Waals surface area contributed by atoms with Crippen LogP contribution in [-0.4, -0.2) is 31.6 Å².